The normalized spacial score (nSPS) is 28.3. The van der Waals surface area contributed by atoms with E-state index in [4.69, 9.17) is 0 Å². The molecule has 2 aliphatic rings. The van der Waals surface area contributed by atoms with Crippen molar-refractivity contribution in [1.29, 1.82) is 0 Å². The van der Waals surface area contributed by atoms with Crippen LogP contribution in [0.4, 0.5) is 0 Å². The summed E-state index contributed by atoms with van der Waals surface area (Å²) in [6.45, 7) is 3.13. The van der Waals surface area contributed by atoms with Crippen molar-refractivity contribution in [3.8, 4) is 0 Å². The molecule has 0 bridgehead atoms. The van der Waals surface area contributed by atoms with Crippen LogP contribution in [-0.4, -0.2) is 30.5 Å². The lowest BCUT2D eigenvalue weighted by Gasteiger charge is -2.04. The summed E-state index contributed by atoms with van der Waals surface area (Å²) in [5.41, 5.74) is 0.945. The zero-order valence-electron chi connectivity index (χ0n) is 10.9. The molecule has 3 rings (SSSR count). The lowest BCUT2D eigenvalue weighted by Crippen LogP contribution is -2.24. The zero-order valence-corrected chi connectivity index (χ0v) is 10.9. The van der Waals surface area contributed by atoms with Crippen molar-refractivity contribution in [3.05, 3.63) is 36.2 Å². The second-order valence-electron chi connectivity index (χ2n) is 5.35. The lowest BCUT2D eigenvalue weighted by molar-refractivity contribution is -0.116. The molecule has 0 radical (unpaired) electrons. The van der Waals surface area contributed by atoms with Crippen molar-refractivity contribution in [1.82, 2.24) is 15.6 Å². The minimum absolute atomic E-state index is 0.0206. The van der Waals surface area contributed by atoms with Gasteiger partial charge in [-0.15, -0.1) is 0 Å². The molecule has 1 aromatic heterocycles. The Hall–Kier alpha value is -1.68. The van der Waals surface area contributed by atoms with Gasteiger partial charge in [0.1, 0.15) is 0 Å². The average molecular weight is 257 g/mol. The molecule has 0 aromatic carbocycles. The summed E-state index contributed by atoms with van der Waals surface area (Å²) in [6.07, 6.45) is 7.94. The number of piperidine rings is 1. The average Bonchev–Trinajstić information content (AvgIpc) is 2.87. The summed E-state index contributed by atoms with van der Waals surface area (Å²) in [5, 5.41) is 6.33. The molecule has 1 amide bonds. The largest absolute Gasteiger partial charge is 0.353 e. The maximum atomic E-state index is 11.6. The third-order valence-electron chi connectivity index (χ3n) is 4.16. The van der Waals surface area contributed by atoms with Crippen LogP contribution < -0.4 is 10.6 Å². The highest BCUT2D eigenvalue weighted by atomic mass is 16.1. The Morgan fingerprint density at radius 1 is 1.47 bits per heavy atom. The minimum Gasteiger partial charge on any atom is -0.353 e. The zero-order chi connectivity index (χ0) is 13.1. The molecule has 1 aromatic rings. The molecule has 100 valence electrons. The van der Waals surface area contributed by atoms with Crippen molar-refractivity contribution < 1.29 is 4.79 Å². The fraction of sp³-hybridized carbons (Fsp3) is 0.467. The molecule has 1 aliphatic heterocycles. The van der Waals surface area contributed by atoms with Gasteiger partial charge in [-0.25, -0.2) is 0 Å². The Morgan fingerprint density at radius 3 is 3.05 bits per heavy atom. The number of rotatable bonds is 5. The number of carbonyl (C=O) groups is 1. The number of hydrogen-bond acceptors (Lipinski definition) is 3. The van der Waals surface area contributed by atoms with Gasteiger partial charge in [-0.2, -0.15) is 0 Å². The van der Waals surface area contributed by atoms with Crippen molar-refractivity contribution >= 4 is 12.0 Å². The van der Waals surface area contributed by atoms with Crippen LogP contribution in [0.3, 0.4) is 0 Å². The molecule has 1 saturated carbocycles. The highest BCUT2D eigenvalue weighted by Gasteiger charge is 2.51. The van der Waals surface area contributed by atoms with Crippen molar-refractivity contribution in [2.45, 2.75) is 6.42 Å². The van der Waals surface area contributed by atoms with Crippen LogP contribution in [0, 0.1) is 17.8 Å². The van der Waals surface area contributed by atoms with Gasteiger partial charge in [-0.3, -0.25) is 9.78 Å². The Kier molecular flexibility index (Phi) is 3.60. The SMILES string of the molecule is O=C(/C=C/c1cccnc1)NCC[C@H]1[C@H]2CNC[C@@H]12. The Morgan fingerprint density at radius 2 is 2.32 bits per heavy atom. The highest BCUT2D eigenvalue weighted by Crippen LogP contribution is 2.50. The van der Waals surface area contributed by atoms with Crippen LogP contribution >= 0.6 is 0 Å². The quantitative estimate of drug-likeness (QED) is 0.776. The van der Waals surface area contributed by atoms with E-state index in [2.05, 4.69) is 15.6 Å². The van der Waals surface area contributed by atoms with Crippen LogP contribution in [0.15, 0.2) is 30.6 Å². The van der Waals surface area contributed by atoms with E-state index in [0.717, 1.165) is 36.3 Å². The van der Waals surface area contributed by atoms with E-state index in [1.807, 2.05) is 12.1 Å². The predicted octanol–water partition coefficient (Wildman–Crippen LogP) is 1.07. The molecule has 4 nitrogen and oxygen atoms in total. The van der Waals surface area contributed by atoms with Gasteiger partial charge in [0.25, 0.3) is 0 Å². The first-order chi connectivity index (χ1) is 9.34. The highest BCUT2D eigenvalue weighted by molar-refractivity contribution is 5.91. The Balaban J connectivity index is 1.36. The maximum Gasteiger partial charge on any atom is 0.244 e. The van der Waals surface area contributed by atoms with E-state index in [-0.39, 0.29) is 5.91 Å². The number of carbonyl (C=O) groups excluding carboxylic acids is 1. The summed E-state index contributed by atoms with van der Waals surface area (Å²) >= 11 is 0. The summed E-state index contributed by atoms with van der Waals surface area (Å²) in [5.74, 6) is 2.57. The van der Waals surface area contributed by atoms with Gasteiger partial charge in [-0.05, 0) is 55.0 Å². The third-order valence-corrected chi connectivity index (χ3v) is 4.16. The number of aromatic nitrogens is 1. The summed E-state index contributed by atoms with van der Waals surface area (Å²) in [7, 11) is 0. The monoisotopic (exact) mass is 257 g/mol. The first-order valence-corrected chi connectivity index (χ1v) is 6.91. The molecular formula is C15H19N3O. The van der Waals surface area contributed by atoms with E-state index in [9.17, 15) is 4.79 Å². The molecule has 3 atom stereocenters. The standard InChI is InChI=1S/C15H19N3O/c19-15(4-3-11-2-1-6-16-8-11)18-7-5-12-13-9-17-10-14(12)13/h1-4,6,8,12-14,17H,5,7,9-10H2,(H,18,19)/b4-3+/t12-,13+,14-. The molecule has 1 aliphatic carbocycles. The number of pyridine rings is 1. The van der Waals surface area contributed by atoms with Crippen molar-refractivity contribution in [2.24, 2.45) is 17.8 Å². The summed E-state index contributed by atoms with van der Waals surface area (Å²) < 4.78 is 0. The minimum atomic E-state index is -0.0206. The fourth-order valence-electron chi connectivity index (χ4n) is 3.04. The summed E-state index contributed by atoms with van der Waals surface area (Å²) in [4.78, 5) is 15.6. The van der Waals surface area contributed by atoms with Crippen LogP contribution in [0.5, 0.6) is 0 Å². The lowest BCUT2D eigenvalue weighted by atomic mass is 10.2. The van der Waals surface area contributed by atoms with Gasteiger partial charge in [-0.1, -0.05) is 6.07 Å². The molecule has 0 spiro atoms. The van der Waals surface area contributed by atoms with Gasteiger partial charge < -0.3 is 10.6 Å². The molecule has 2 fully saturated rings. The maximum absolute atomic E-state index is 11.6. The second-order valence-corrected chi connectivity index (χ2v) is 5.35. The van der Waals surface area contributed by atoms with E-state index < -0.39 is 0 Å². The smallest absolute Gasteiger partial charge is 0.244 e. The van der Waals surface area contributed by atoms with E-state index >= 15 is 0 Å². The van der Waals surface area contributed by atoms with Crippen LogP contribution in [0.2, 0.25) is 0 Å². The van der Waals surface area contributed by atoms with E-state index in [1.54, 1.807) is 24.5 Å². The number of nitrogens with zero attached hydrogens (tertiary/aromatic N) is 1. The van der Waals surface area contributed by atoms with Crippen molar-refractivity contribution in [3.63, 3.8) is 0 Å². The van der Waals surface area contributed by atoms with Crippen LogP contribution in [0.25, 0.3) is 6.08 Å². The third kappa shape index (κ3) is 3.01. The number of hydrogen-bond donors (Lipinski definition) is 2. The first kappa shape index (κ1) is 12.4. The van der Waals surface area contributed by atoms with Gasteiger partial charge in [0.05, 0.1) is 0 Å². The van der Waals surface area contributed by atoms with Gasteiger partial charge in [0.2, 0.25) is 5.91 Å². The van der Waals surface area contributed by atoms with E-state index in [1.165, 1.54) is 13.1 Å². The predicted molar refractivity (Wildman–Crippen MR) is 74.2 cm³/mol. The topological polar surface area (TPSA) is 54.0 Å². The molecular weight excluding hydrogens is 238 g/mol. The number of amides is 1. The van der Waals surface area contributed by atoms with Crippen LogP contribution in [0.1, 0.15) is 12.0 Å². The molecule has 4 heteroatoms. The van der Waals surface area contributed by atoms with Crippen molar-refractivity contribution in [2.75, 3.05) is 19.6 Å². The molecule has 19 heavy (non-hydrogen) atoms. The Bertz CT molecular complexity index is 462. The number of nitrogens with one attached hydrogen (secondary N) is 2. The van der Waals surface area contributed by atoms with Gasteiger partial charge in [0.15, 0.2) is 0 Å². The number of fused-ring (bicyclic) bond motifs is 1. The Labute approximate surface area is 113 Å². The molecule has 2 N–H and O–H groups in total. The van der Waals surface area contributed by atoms with Gasteiger partial charge >= 0.3 is 0 Å². The molecule has 2 heterocycles. The van der Waals surface area contributed by atoms with Gasteiger partial charge in [0, 0.05) is 25.0 Å². The molecule has 1 saturated heterocycles. The second kappa shape index (κ2) is 5.53. The summed E-state index contributed by atoms with van der Waals surface area (Å²) in [6, 6.07) is 3.78. The molecule has 0 unspecified atom stereocenters. The van der Waals surface area contributed by atoms with E-state index in [0.29, 0.717) is 0 Å². The van der Waals surface area contributed by atoms with Crippen LogP contribution in [-0.2, 0) is 4.79 Å². The first-order valence-electron chi connectivity index (χ1n) is 6.91. The fourth-order valence-corrected chi connectivity index (χ4v) is 3.04.